The number of rotatable bonds is 12. The fourth-order valence-corrected chi connectivity index (χ4v) is 5.01. The zero-order valence-electron chi connectivity index (χ0n) is 22.2. The fraction of sp³-hybridized carbons (Fsp3) is 0.310. The lowest BCUT2D eigenvalue weighted by Crippen LogP contribution is -2.54. The average Bonchev–Trinajstić information content (AvgIpc) is 2.90. The molecule has 2 atom stereocenters. The van der Waals surface area contributed by atoms with E-state index >= 15 is 0 Å². The zero-order chi connectivity index (χ0) is 28.6. The molecule has 0 radical (unpaired) electrons. The van der Waals surface area contributed by atoms with E-state index in [9.17, 15) is 22.4 Å². The van der Waals surface area contributed by atoms with Crippen molar-refractivity contribution in [2.24, 2.45) is 0 Å². The maximum absolute atomic E-state index is 14.7. The zero-order valence-corrected chi connectivity index (χ0v) is 23.8. The monoisotopic (exact) mass is 573 g/mol. The predicted octanol–water partition coefficient (Wildman–Crippen LogP) is 4.80. The Kier molecular flexibility index (Phi) is 10.5. The van der Waals surface area contributed by atoms with E-state index in [-0.39, 0.29) is 30.6 Å². The summed E-state index contributed by atoms with van der Waals surface area (Å²) in [5.74, 6) is -1.80. The first-order valence-electron chi connectivity index (χ1n) is 12.6. The number of carbonyl (C=O) groups excluding carboxylic acids is 2. The van der Waals surface area contributed by atoms with Crippen LogP contribution >= 0.6 is 11.6 Å². The van der Waals surface area contributed by atoms with Gasteiger partial charge in [0.15, 0.2) is 0 Å². The Hall–Kier alpha value is -3.43. The average molecular weight is 574 g/mol. The molecule has 3 aromatic rings. The van der Waals surface area contributed by atoms with Crippen LogP contribution in [0.25, 0.3) is 0 Å². The molecule has 0 saturated heterocycles. The fourth-order valence-electron chi connectivity index (χ4n) is 4.03. The summed E-state index contributed by atoms with van der Waals surface area (Å²) < 4.78 is 40.8. The third kappa shape index (κ3) is 8.53. The lowest BCUT2D eigenvalue weighted by Gasteiger charge is -2.34. The van der Waals surface area contributed by atoms with Gasteiger partial charge in [0.25, 0.3) is 0 Å². The van der Waals surface area contributed by atoms with E-state index in [1.54, 1.807) is 24.3 Å². The highest BCUT2D eigenvalue weighted by molar-refractivity contribution is 7.92. The van der Waals surface area contributed by atoms with Crippen molar-refractivity contribution in [1.82, 2.24) is 10.2 Å². The topological polar surface area (TPSA) is 86.8 Å². The minimum absolute atomic E-state index is 0.0102. The molecule has 0 aliphatic carbocycles. The normalized spacial score (nSPS) is 12.8. The van der Waals surface area contributed by atoms with Crippen molar-refractivity contribution in [3.63, 3.8) is 0 Å². The largest absolute Gasteiger partial charge is 0.352 e. The van der Waals surface area contributed by atoms with E-state index in [1.165, 1.54) is 23.1 Å². The lowest BCUT2D eigenvalue weighted by molar-refractivity contribution is -0.140. The molecule has 39 heavy (non-hydrogen) atoms. The van der Waals surface area contributed by atoms with Gasteiger partial charge in [0.1, 0.15) is 18.4 Å². The van der Waals surface area contributed by atoms with E-state index < -0.39 is 34.3 Å². The molecule has 0 bridgehead atoms. The maximum atomic E-state index is 14.7. The summed E-state index contributed by atoms with van der Waals surface area (Å²) in [5, 5.41) is 3.47. The quantitative estimate of drug-likeness (QED) is 0.337. The molecule has 0 aliphatic heterocycles. The molecule has 0 unspecified atom stereocenters. The minimum atomic E-state index is -4.05. The summed E-state index contributed by atoms with van der Waals surface area (Å²) in [6.45, 7) is 3.13. The van der Waals surface area contributed by atoms with Gasteiger partial charge >= 0.3 is 0 Å². The highest BCUT2D eigenvalue weighted by Crippen LogP contribution is 2.23. The van der Waals surface area contributed by atoms with Crippen molar-refractivity contribution < 1.29 is 22.4 Å². The number of hydrogen-bond donors (Lipinski definition) is 1. The molecule has 0 aromatic heterocycles. The summed E-state index contributed by atoms with van der Waals surface area (Å²) >= 11 is 6.05. The predicted molar refractivity (Wildman–Crippen MR) is 152 cm³/mol. The van der Waals surface area contributed by atoms with Gasteiger partial charge in [0, 0.05) is 24.0 Å². The molecule has 3 rings (SSSR count). The van der Waals surface area contributed by atoms with E-state index in [0.717, 1.165) is 22.2 Å². The van der Waals surface area contributed by atoms with Crippen LogP contribution in [-0.2, 0) is 32.6 Å². The Morgan fingerprint density at radius 2 is 1.56 bits per heavy atom. The third-order valence-corrected chi connectivity index (χ3v) is 7.72. The number of nitrogens with one attached hydrogen (secondary N) is 1. The van der Waals surface area contributed by atoms with Gasteiger partial charge in [0.2, 0.25) is 21.8 Å². The second kappa shape index (κ2) is 13.6. The Morgan fingerprint density at radius 1 is 0.949 bits per heavy atom. The van der Waals surface area contributed by atoms with Crippen LogP contribution in [0.5, 0.6) is 0 Å². The first-order valence-corrected chi connectivity index (χ1v) is 14.8. The summed E-state index contributed by atoms with van der Waals surface area (Å²) in [6, 6.07) is 20.3. The van der Waals surface area contributed by atoms with E-state index in [1.807, 2.05) is 44.2 Å². The van der Waals surface area contributed by atoms with Crippen LogP contribution in [0, 0.1) is 5.82 Å². The number of halogens is 2. The second-order valence-electron chi connectivity index (χ2n) is 9.39. The molecule has 0 spiro atoms. The number of sulfonamides is 1. The molecule has 208 valence electrons. The van der Waals surface area contributed by atoms with Crippen LogP contribution in [0.4, 0.5) is 10.1 Å². The molecule has 0 saturated carbocycles. The molecule has 10 heteroatoms. The maximum Gasteiger partial charge on any atom is 0.244 e. The number of benzene rings is 3. The smallest absolute Gasteiger partial charge is 0.244 e. The van der Waals surface area contributed by atoms with Crippen LogP contribution in [-0.4, -0.2) is 50.0 Å². The number of hydrogen-bond acceptors (Lipinski definition) is 4. The highest BCUT2D eigenvalue weighted by Gasteiger charge is 2.34. The van der Waals surface area contributed by atoms with E-state index in [2.05, 4.69) is 5.32 Å². The van der Waals surface area contributed by atoms with Crippen LogP contribution in [0.1, 0.15) is 31.4 Å². The molecule has 0 aliphatic rings. The van der Waals surface area contributed by atoms with Gasteiger partial charge in [-0.15, -0.1) is 0 Å². The van der Waals surface area contributed by atoms with Gasteiger partial charge < -0.3 is 10.2 Å². The number of nitrogens with zero attached hydrogens (tertiary/aromatic N) is 2. The van der Waals surface area contributed by atoms with Crippen LogP contribution in [0.15, 0.2) is 78.9 Å². The standard InChI is InChI=1S/C29H33ClFN3O4S/c1-4-21(2)32-29(36)27(18-22-10-6-5-7-11-22)33(19-23-14-16-24(30)17-15-23)28(35)20-34(39(3,37)38)26-13-9-8-12-25(26)31/h5-17,21,27H,4,18-20H2,1-3H3,(H,32,36)/t21-,27-/m0/s1. The van der Waals surface area contributed by atoms with Gasteiger partial charge in [-0.05, 0) is 48.7 Å². The van der Waals surface area contributed by atoms with E-state index in [4.69, 9.17) is 11.6 Å². The number of carbonyl (C=O) groups is 2. The summed E-state index contributed by atoms with van der Waals surface area (Å²) in [7, 11) is -4.05. The molecule has 1 N–H and O–H groups in total. The molecule has 3 aromatic carbocycles. The van der Waals surface area contributed by atoms with Gasteiger partial charge in [-0.1, -0.05) is 73.1 Å². The number of para-hydroxylation sites is 1. The third-order valence-electron chi connectivity index (χ3n) is 6.34. The minimum Gasteiger partial charge on any atom is -0.352 e. The first kappa shape index (κ1) is 30.1. The Morgan fingerprint density at radius 3 is 2.15 bits per heavy atom. The van der Waals surface area contributed by atoms with Gasteiger partial charge in [-0.25, -0.2) is 12.8 Å². The Bertz CT molecular complexity index is 1370. The van der Waals surface area contributed by atoms with Gasteiger partial charge in [-0.2, -0.15) is 0 Å². The number of anilines is 1. The van der Waals surface area contributed by atoms with E-state index in [0.29, 0.717) is 17.0 Å². The van der Waals surface area contributed by atoms with Crippen molar-refractivity contribution in [2.75, 3.05) is 17.1 Å². The Labute approximate surface area is 234 Å². The Balaban J connectivity index is 2.06. The van der Waals surface area contributed by atoms with Crippen molar-refractivity contribution in [2.45, 2.75) is 45.3 Å². The summed E-state index contributed by atoms with van der Waals surface area (Å²) in [5.41, 5.74) is 1.27. The summed E-state index contributed by atoms with van der Waals surface area (Å²) in [6.07, 6.45) is 1.79. The molecule has 0 fully saturated rings. The van der Waals surface area contributed by atoms with Crippen LogP contribution in [0.2, 0.25) is 5.02 Å². The van der Waals surface area contributed by atoms with Gasteiger partial charge in [-0.3, -0.25) is 13.9 Å². The number of amides is 2. The lowest BCUT2D eigenvalue weighted by atomic mass is 10.0. The molecule has 2 amide bonds. The van der Waals surface area contributed by atoms with Crippen LogP contribution in [0.3, 0.4) is 0 Å². The SMILES string of the molecule is CC[C@H](C)NC(=O)[C@H](Cc1ccccc1)N(Cc1ccc(Cl)cc1)C(=O)CN(c1ccccc1F)S(C)(=O)=O. The second-order valence-corrected chi connectivity index (χ2v) is 11.7. The van der Waals surface area contributed by atoms with Crippen molar-refractivity contribution in [1.29, 1.82) is 0 Å². The molecular formula is C29H33ClFN3O4S. The van der Waals surface area contributed by atoms with Crippen molar-refractivity contribution >= 4 is 39.1 Å². The molecule has 0 heterocycles. The first-order chi connectivity index (χ1) is 18.5. The highest BCUT2D eigenvalue weighted by atomic mass is 35.5. The van der Waals surface area contributed by atoms with Gasteiger partial charge in [0.05, 0.1) is 11.9 Å². The van der Waals surface area contributed by atoms with Crippen molar-refractivity contribution in [3.8, 4) is 0 Å². The summed E-state index contributed by atoms with van der Waals surface area (Å²) in [4.78, 5) is 28.9. The van der Waals surface area contributed by atoms with Crippen molar-refractivity contribution in [3.05, 3.63) is 101 Å². The molecular weight excluding hydrogens is 541 g/mol. The molecule has 7 nitrogen and oxygen atoms in total. The van der Waals surface area contributed by atoms with Crippen LogP contribution < -0.4 is 9.62 Å².